The second kappa shape index (κ2) is 6.09. The third kappa shape index (κ3) is 5.79. The van der Waals surface area contributed by atoms with Gasteiger partial charge in [-0.3, -0.25) is 4.94 Å². The van der Waals surface area contributed by atoms with E-state index in [2.05, 4.69) is 36.1 Å². The van der Waals surface area contributed by atoms with Gasteiger partial charge in [-0.1, -0.05) is 20.8 Å². The van der Waals surface area contributed by atoms with E-state index in [-0.39, 0.29) is 6.04 Å². The van der Waals surface area contributed by atoms with Gasteiger partial charge in [0.25, 0.3) is 0 Å². The fourth-order valence-electron chi connectivity index (χ4n) is 0.933. The van der Waals surface area contributed by atoms with E-state index in [1.807, 2.05) is 0 Å². The Balaban J connectivity index is 3.66. The molecule has 0 saturated heterocycles. The van der Waals surface area contributed by atoms with Gasteiger partial charge in [0.05, 0.1) is 6.04 Å². The minimum Gasteiger partial charge on any atom is -0.283 e. The lowest BCUT2D eigenvalue weighted by atomic mass is 10.0. The average Bonchev–Trinajstić information content (AvgIpc) is 1.97. The maximum Gasteiger partial charge on any atom is 0.0745 e. The van der Waals surface area contributed by atoms with E-state index in [0.717, 1.165) is 12.8 Å². The van der Waals surface area contributed by atoms with E-state index in [1.165, 1.54) is 0 Å². The number of nitrogens with zero attached hydrogens (tertiary/aromatic N) is 2. The highest BCUT2D eigenvalue weighted by molar-refractivity contribution is 4.62. The van der Waals surface area contributed by atoms with E-state index in [0.29, 0.717) is 5.92 Å². The summed E-state index contributed by atoms with van der Waals surface area (Å²) in [5.41, 5.74) is 0. The van der Waals surface area contributed by atoms with Crippen LogP contribution in [0.2, 0.25) is 0 Å². The van der Waals surface area contributed by atoms with Crippen LogP contribution in [0.1, 0.15) is 33.6 Å². The zero-order chi connectivity index (χ0) is 8.69. The Morgan fingerprint density at radius 2 is 2.09 bits per heavy atom. The molecule has 0 aliphatic heterocycles. The van der Waals surface area contributed by atoms with Gasteiger partial charge in [0, 0.05) is 5.28 Å². The fourth-order valence-corrected chi connectivity index (χ4v) is 0.933. The van der Waals surface area contributed by atoms with Crippen molar-refractivity contribution in [2.45, 2.75) is 39.7 Å². The monoisotopic (exact) mass is 159 g/mol. The Labute approximate surface area is 67.7 Å². The molecule has 2 N–H and O–H groups in total. The molecule has 0 amide bonds. The zero-order valence-corrected chi connectivity index (χ0v) is 7.45. The standard InChI is InChI=1S/C7H17N3O/c1-4-7(5-6(2)3)9-10-11-8/h6-7H,4-5,8H2,1-3H3/b10-9-. The summed E-state index contributed by atoms with van der Waals surface area (Å²) in [5.74, 6) is 5.34. The fraction of sp³-hybridized carbons (Fsp3) is 1.00. The first-order valence-corrected chi connectivity index (χ1v) is 3.96. The van der Waals surface area contributed by atoms with Crippen LogP contribution in [-0.4, -0.2) is 6.04 Å². The Morgan fingerprint density at radius 3 is 2.45 bits per heavy atom. The predicted octanol–water partition coefficient (Wildman–Crippen LogP) is 2.07. The summed E-state index contributed by atoms with van der Waals surface area (Å²) in [7, 11) is 0. The van der Waals surface area contributed by atoms with Crippen LogP contribution in [-0.2, 0) is 4.94 Å². The molecule has 0 aliphatic rings. The Kier molecular flexibility index (Phi) is 5.74. The highest BCUT2D eigenvalue weighted by atomic mass is 16.8. The summed E-state index contributed by atoms with van der Waals surface area (Å²) in [5, 5.41) is 7.18. The molecule has 66 valence electrons. The number of hydrogen-bond acceptors (Lipinski definition) is 4. The summed E-state index contributed by atoms with van der Waals surface area (Å²) in [6, 6.07) is 0.249. The molecule has 0 heterocycles. The first-order chi connectivity index (χ1) is 5.20. The lowest BCUT2D eigenvalue weighted by molar-refractivity contribution is 0.120. The van der Waals surface area contributed by atoms with Crippen LogP contribution in [0.25, 0.3) is 0 Å². The molecular weight excluding hydrogens is 142 g/mol. The zero-order valence-electron chi connectivity index (χ0n) is 7.45. The molecule has 1 unspecified atom stereocenters. The second-order valence-electron chi connectivity index (χ2n) is 2.99. The minimum absolute atomic E-state index is 0.249. The van der Waals surface area contributed by atoms with Crippen LogP contribution >= 0.6 is 0 Å². The van der Waals surface area contributed by atoms with Crippen LogP contribution < -0.4 is 5.90 Å². The maximum atomic E-state index is 4.70. The highest BCUT2D eigenvalue weighted by Crippen LogP contribution is 2.11. The molecular formula is C7H17N3O. The Bertz CT molecular complexity index is 114. The average molecular weight is 159 g/mol. The van der Waals surface area contributed by atoms with Gasteiger partial charge in [-0.05, 0) is 18.8 Å². The molecule has 0 aromatic heterocycles. The van der Waals surface area contributed by atoms with Crippen molar-refractivity contribution in [1.29, 1.82) is 0 Å². The topological polar surface area (TPSA) is 60.0 Å². The van der Waals surface area contributed by atoms with Gasteiger partial charge in [0.1, 0.15) is 0 Å². The Hall–Kier alpha value is -0.640. The van der Waals surface area contributed by atoms with Crippen molar-refractivity contribution in [2.75, 3.05) is 0 Å². The predicted molar refractivity (Wildman–Crippen MR) is 43.7 cm³/mol. The molecule has 0 aromatic carbocycles. The molecule has 11 heavy (non-hydrogen) atoms. The van der Waals surface area contributed by atoms with Crippen LogP contribution in [0.5, 0.6) is 0 Å². The van der Waals surface area contributed by atoms with Crippen LogP contribution in [0.4, 0.5) is 0 Å². The molecule has 0 bridgehead atoms. The summed E-state index contributed by atoms with van der Waals surface area (Å²) < 4.78 is 0. The molecule has 0 spiro atoms. The van der Waals surface area contributed by atoms with Crippen molar-refractivity contribution in [3.05, 3.63) is 0 Å². The van der Waals surface area contributed by atoms with Crippen molar-refractivity contribution >= 4 is 0 Å². The summed E-state index contributed by atoms with van der Waals surface area (Å²) >= 11 is 0. The van der Waals surface area contributed by atoms with Crippen molar-refractivity contribution < 1.29 is 4.94 Å². The molecule has 0 saturated carbocycles. The van der Waals surface area contributed by atoms with E-state index in [4.69, 9.17) is 5.90 Å². The molecule has 0 aromatic rings. The summed E-state index contributed by atoms with van der Waals surface area (Å²) in [6.07, 6.45) is 2.01. The first-order valence-electron chi connectivity index (χ1n) is 3.96. The lowest BCUT2D eigenvalue weighted by Gasteiger charge is -2.09. The molecule has 4 heteroatoms. The quantitative estimate of drug-likeness (QED) is 0.493. The van der Waals surface area contributed by atoms with Gasteiger partial charge >= 0.3 is 0 Å². The largest absolute Gasteiger partial charge is 0.283 e. The summed E-state index contributed by atoms with van der Waals surface area (Å²) in [4.78, 5) is 4.01. The van der Waals surface area contributed by atoms with Crippen molar-refractivity contribution in [1.82, 2.24) is 0 Å². The van der Waals surface area contributed by atoms with Gasteiger partial charge in [-0.25, -0.2) is 0 Å². The first kappa shape index (κ1) is 10.4. The number of nitrogens with two attached hydrogens (primary N) is 1. The van der Waals surface area contributed by atoms with Gasteiger partial charge in [-0.15, -0.1) is 11.0 Å². The van der Waals surface area contributed by atoms with Gasteiger partial charge in [0.2, 0.25) is 0 Å². The van der Waals surface area contributed by atoms with E-state index < -0.39 is 0 Å². The van der Waals surface area contributed by atoms with Gasteiger partial charge < -0.3 is 0 Å². The van der Waals surface area contributed by atoms with Crippen LogP contribution in [0, 0.1) is 5.92 Å². The SMILES string of the molecule is CCC(CC(C)C)/N=N\ON. The molecule has 1 atom stereocenters. The number of hydrogen-bond donors (Lipinski definition) is 1. The third-order valence-corrected chi connectivity index (χ3v) is 1.47. The third-order valence-electron chi connectivity index (χ3n) is 1.47. The van der Waals surface area contributed by atoms with Crippen molar-refractivity contribution in [3.63, 3.8) is 0 Å². The highest BCUT2D eigenvalue weighted by Gasteiger charge is 2.06. The van der Waals surface area contributed by atoms with E-state index in [9.17, 15) is 0 Å². The van der Waals surface area contributed by atoms with Crippen molar-refractivity contribution in [2.24, 2.45) is 22.2 Å². The normalized spacial score (nSPS) is 14.3. The molecule has 0 fully saturated rings. The maximum absolute atomic E-state index is 4.70. The van der Waals surface area contributed by atoms with Gasteiger partial charge in [-0.2, -0.15) is 0 Å². The molecule has 0 rings (SSSR count). The van der Waals surface area contributed by atoms with E-state index in [1.54, 1.807) is 0 Å². The summed E-state index contributed by atoms with van der Waals surface area (Å²) in [6.45, 7) is 6.38. The van der Waals surface area contributed by atoms with Gasteiger partial charge in [0.15, 0.2) is 0 Å². The smallest absolute Gasteiger partial charge is 0.0745 e. The molecule has 0 radical (unpaired) electrons. The number of rotatable bonds is 5. The minimum atomic E-state index is 0.249. The second-order valence-corrected chi connectivity index (χ2v) is 2.99. The van der Waals surface area contributed by atoms with Crippen molar-refractivity contribution in [3.8, 4) is 0 Å². The lowest BCUT2D eigenvalue weighted by Crippen LogP contribution is -2.06. The van der Waals surface area contributed by atoms with Crippen LogP contribution in [0.3, 0.4) is 0 Å². The van der Waals surface area contributed by atoms with E-state index >= 15 is 0 Å². The Morgan fingerprint density at radius 1 is 1.45 bits per heavy atom. The molecule has 4 nitrogen and oxygen atoms in total. The molecule has 0 aliphatic carbocycles. The van der Waals surface area contributed by atoms with Crippen LogP contribution in [0.15, 0.2) is 10.4 Å².